The van der Waals surface area contributed by atoms with E-state index in [0.29, 0.717) is 34.8 Å². The molecule has 2 aromatic carbocycles. The first-order chi connectivity index (χ1) is 15.7. The van der Waals surface area contributed by atoms with E-state index in [0.717, 1.165) is 28.3 Å². The fraction of sp³-hybridized carbons (Fsp3) is 0.348. The summed E-state index contributed by atoms with van der Waals surface area (Å²) in [6, 6.07) is 10.7. The highest BCUT2D eigenvalue weighted by Gasteiger charge is 2.32. The highest BCUT2D eigenvalue weighted by Crippen LogP contribution is 2.36. The van der Waals surface area contributed by atoms with Gasteiger partial charge < -0.3 is 20.4 Å². The number of aromatic nitrogens is 2. The van der Waals surface area contributed by atoms with Gasteiger partial charge in [0.1, 0.15) is 10.6 Å². The third kappa shape index (κ3) is 4.59. The lowest BCUT2D eigenvalue weighted by atomic mass is 9.91. The smallest absolute Gasteiger partial charge is 0.298 e. The summed E-state index contributed by atoms with van der Waals surface area (Å²) in [5.74, 6) is -0.636. The van der Waals surface area contributed by atoms with E-state index in [1.54, 1.807) is 36.1 Å². The summed E-state index contributed by atoms with van der Waals surface area (Å²) in [7, 11) is 0. The second-order valence-electron chi connectivity index (χ2n) is 8.17. The van der Waals surface area contributed by atoms with E-state index in [1.807, 2.05) is 19.1 Å². The number of carbonyl (C=O) groups is 1. The summed E-state index contributed by atoms with van der Waals surface area (Å²) >= 11 is 0.905. The molecule has 7 nitrogen and oxygen atoms in total. The average Bonchev–Trinajstić information content (AvgIpc) is 3.46. The number of hydrogen-bond donors (Lipinski definition) is 3. The van der Waals surface area contributed by atoms with E-state index >= 15 is 0 Å². The van der Waals surface area contributed by atoms with E-state index in [9.17, 15) is 23.8 Å². The lowest BCUT2D eigenvalue weighted by molar-refractivity contribution is -0.116. The Balaban J connectivity index is 1.50. The lowest BCUT2D eigenvalue weighted by Gasteiger charge is -2.24. The van der Waals surface area contributed by atoms with Gasteiger partial charge in [-0.15, -0.1) is 0 Å². The van der Waals surface area contributed by atoms with Crippen LogP contribution in [0.2, 0.25) is 0 Å². The molecule has 0 aliphatic carbocycles. The number of rotatable bonds is 7. The Kier molecular flexibility index (Phi) is 6.42. The van der Waals surface area contributed by atoms with Crippen LogP contribution in [0.5, 0.6) is 0 Å². The monoisotopic (exact) mass is 474 g/mol. The number of hydrogen-bond acceptors (Lipinski definition) is 7. The molecule has 10 heteroatoms. The van der Waals surface area contributed by atoms with Crippen LogP contribution >= 0.6 is 11.5 Å². The van der Waals surface area contributed by atoms with Crippen molar-refractivity contribution >= 4 is 28.8 Å². The predicted molar refractivity (Wildman–Crippen MR) is 123 cm³/mol. The Morgan fingerprint density at radius 2 is 2.12 bits per heavy atom. The Morgan fingerprint density at radius 1 is 1.33 bits per heavy atom. The molecule has 1 amide bonds. The van der Waals surface area contributed by atoms with Crippen molar-refractivity contribution in [1.29, 1.82) is 0 Å². The van der Waals surface area contributed by atoms with E-state index in [2.05, 4.69) is 14.7 Å². The number of fused-ring (bicyclic) bond motifs is 1. The topological polar surface area (TPSA) is 98.6 Å². The fourth-order valence-electron chi connectivity index (χ4n) is 3.94. The van der Waals surface area contributed by atoms with Crippen LogP contribution in [-0.2, 0) is 16.8 Å². The Hall–Kier alpha value is -2.95. The second-order valence-corrected chi connectivity index (χ2v) is 8.92. The summed E-state index contributed by atoms with van der Waals surface area (Å²) in [6.45, 7) is 3.53. The van der Waals surface area contributed by atoms with E-state index in [-0.39, 0.29) is 12.5 Å². The van der Waals surface area contributed by atoms with Crippen molar-refractivity contribution in [3.63, 3.8) is 0 Å². The van der Waals surface area contributed by atoms with Crippen LogP contribution < -0.4 is 10.2 Å². The van der Waals surface area contributed by atoms with E-state index < -0.39 is 24.5 Å². The first-order valence-corrected chi connectivity index (χ1v) is 11.2. The molecule has 3 N–H and O–H groups in total. The molecule has 1 unspecified atom stereocenters. The molecule has 1 aliphatic rings. The van der Waals surface area contributed by atoms with Crippen LogP contribution in [0.1, 0.15) is 35.9 Å². The number of aliphatic hydroxyl groups excluding tert-OH is 1. The normalized spacial score (nSPS) is 14.9. The number of alkyl halides is 2. The molecule has 0 saturated heterocycles. The minimum atomic E-state index is -2.72. The highest BCUT2D eigenvalue weighted by atomic mass is 32.1. The van der Waals surface area contributed by atoms with Crippen LogP contribution in [0.15, 0.2) is 36.4 Å². The lowest BCUT2D eigenvalue weighted by Crippen LogP contribution is -2.34. The van der Waals surface area contributed by atoms with Gasteiger partial charge in [0.05, 0.1) is 13.2 Å². The number of halogens is 2. The zero-order chi connectivity index (χ0) is 23.8. The van der Waals surface area contributed by atoms with Crippen molar-refractivity contribution in [3.8, 4) is 10.6 Å². The molecular formula is C23H24F2N4O3S. The summed E-state index contributed by atoms with van der Waals surface area (Å²) in [5.41, 5.74) is 3.06. The van der Waals surface area contributed by atoms with Gasteiger partial charge in [0.25, 0.3) is 6.43 Å². The van der Waals surface area contributed by atoms with Crippen LogP contribution in [0.25, 0.3) is 10.6 Å². The SMILES string of the molecule is Cc1ccc(-c2nc(C(F)F)ns2)cc1NCC(=O)N1CCc2c1cccc2C(C)(O)CO. The van der Waals surface area contributed by atoms with Crippen LogP contribution in [-0.4, -0.2) is 45.2 Å². The number of amides is 1. The number of nitrogens with one attached hydrogen (secondary N) is 1. The molecule has 0 saturated carbocycles. The van der Waals surface area contributed by atoms with Gasteiger partial charge in [-0.1, -0.05) is 24.3 Å². The molecule has 174 valence electrons. The van der Waals surface area contributed by atoms with Gasteiger partial charge in [0.2, 0.25) is 11.7 Å². The predicted octanol–water partition coefficient (Wildman–Crippen LogP) is 3.65. The van der Waals surface area contributed by atoms with Gasteiger partial charge in [-0.25, -0.2) is 13.8 Å². The van der Waals surface area contributed by atoms with Gasteiger partial charge in [0.15, 0.2) is 0 Å². The number of carbonyl (C=O) groups excluding carboxylic acids is 1. The largest absolute Gasteiger partial charge is 0.393 e. The number of benzene rings is 2. The molecule has 1 aromatic heterocycles. The highest BCUT2D eigenvalue weighted by molar-refractivity contribution is 7.09. The Labute approximate surface area is 193 Å². The number of nitrogens with zero attached hydrogens (tertiary/aromatic N) is 3. The molecule has 2 heterocycles. The van der Waals surface area contributed by atoms with Crippen LogP contribution in [0.3, 0.4) is 0 Å². The third-order valence-electron chi connectivity index (χ3n) is 5.77. The minimum Gasteiger partial charge on any atom is -0.393 e. The second kappa shape index (κ2) is 9.12. The fourth-order valence-corrected chi connectivity index (χ4v) is 4.60. The van der Waals surface area contributed by atoms with Gasteiger partial charge >= 0.3 is 0 Å². The molecule has 0 radical (unpaired) electrons. The first kappa shape index (κ1) is 23.2. The zero-order valence-electron chi connectivity index (χ0n) is 18.2. The minimum absolute atomic E-state index is 0.0305. The molecule has 3 aromatic rings. The summed E-state index contributed by atoms with van der Waals surface area (Å²) in [4.78, 5) is 18.6. The maximum Gasteiger partial charge on any atom is 0.298 e. The van der Waals surface area contributed by atoms with Gasteiger partial charge in [-0.2, -0.15) is 4.37 Å². The molecule has 33 heavy (non-hydrogen) atoms. The molecular weight excluding hydrogens is 450 g/mol. The molecule has 4 rings (SSSR count). The average molecular weight is 475 g/mol. The van der Waals surface area contributed by atoms with E-state index in [1.165, 1.54) is 0 Å². The number of aryl methyl sites for hydroxylation is 1. The molecule has 0 spiro atoms. The van der Waals surface area contributed by atoms with Crippen molar-refractivity contribution in [2.45, 2.75) is 32.3 Å². The molecule has 0 bridgehead atoms. The number of aliphatic hydroxyl groups is 2. The van der Waals surface area contributed by atoms with Crippen LogP contribution in [0.4, 0.5) is 20.2 Å². The van der Waals surface area contributed by atoms with Gasteiger partial charge in [-0.05, 0) is 60.6 Å². The van der Waals surface area contributed by atoms with Crippen molar-refractivity contribution in [3.05, 3.63) is 58.9 Å². The summed E-state index contributed by atoms with van der Waals surface area (Å²) in [5, 5.41) is 23.6. The van der Waals surface area contributed by atoms with E-state index in [4.69, 9.17) is 0 Å². The maximum absolute atomic E-state index is 13.0. The standard InChI is InChI=1S/C23H24F2N4O3S/c1-13-6-7-14(22-27-21(20(24)25)28-33-22)10-17(13)26-11-19(31)29-9-8-15-16(23(2,32)12-30)4-3-5-18(15)29/h3-7,10,20,26,30,32H,8-9,11-12H2,1-2H3. The quantitative estimate of drug-likeness (QED) is 0.484. The Bertz CT molecular complexity index is 1180. The van der Waals surface area contributed by atoms with Gasteiger partial charge in [0, 0.05) is 23.5 Å². The molecule has 0 fully saturated rings. The number of anilines is 2. The van der Waals surface area contributed by atoms with Crippen molar-refractivity contribution in [2.24, 2.45) is 0 Å². The summed E-state index contributed by atoms with van der Waals surface area (Å²) < 4.78 is 29.3. The molecule has 1 atom stereocenters. The first-order valence-electron chi connectivity index (χ1n) is 10.4. The molecule has 1 aliphatic heterocycles. The third-order valence-corrected chi connectivity index (χ3v) is 6.55. The maximum atomic E-state index is 13.0. The zero-order valence-corrected chi connectivity index (χ0v) is 19.0. The van der Waals surface area contributed by atoms with Crippen molar-refractivity contribution < 1.29 is 23.8 Å². The van der Waals surface area contributed by atoms with Crippen molar-refractivity contribution in [1.82, 2.24) is 9.36 Å². The Morgan fingerprint density at radius 3 is 2.82 bits per heavy atom. The van der Waals surface area contributed by atoms with Gasteiger partial charge in [-0.3, -0.25) is 4.79 Å². The van der Waals surface area contributed by atoms with Crippen LogP contribution in [0, 0.1) is 6.92 Å². The summed E-state index contributed by atoms with van der Waals surface area (Å²) in [6.07, 6.45) is -2.13. The van der Waals surface area contributed by atoms with Crippen molar-refractivity contribution in [2.75, 3.05) is 29.9 Å².